The predicted octanol–water partition coefficient (Wildman–Crippen LogP) is 8.84. The highest BCUT2D eigenvalue weighted by Crippen LogP contribution is 2.39. The number of hydrogen-bond acceptors (Lipinski definition) is 11. The Hall–Kier alpha value is -3.03. The van der Waals surface area contributed by atoms with E-state index in [4.69, 9.17) is 28.4 Å². The van der Waals surface area contributed by atoms with Crippen molar-refractivity contribution in [3.8, 4) is 11.5 Å². The zero-order valence-electron chi connectivity index (χ0n) is 32.3. The average Bonchev–Trinajstić information content (AvgIpc) is 3.01. The summed E-state index contributed by atoms with van der Waals surface area (Å²) >= 11 is 0. The average molecular weight is 720 g/mol. The number of hydrogen-bond donors (Lipinski definition) is 0. The summed E-state index contributed by atoms with van der Waals surface area (Å²) in [7, 11) is -0.947. The number of nitrogens with zero attached hydrogens (tertiary/aromatic N) is 3. The van der Waals surface area contributed by atoms with Crippen molar-refractivity contribution in [2.75, 3.05) is 45.4 Å². The molecule has 12 heteroatoms. The molecule has 50 heavy (non-hydrogen) atoms. The van der Waals surface area contributed by atoms with Gasteiger partial charge in [0.2, 0.25) is 9.84 Å². The van der Waals surface area contributed by atoms with Crippen molar-refractivity contribution in [2.45, 2.75) is 123 Å². The zero-order chi connectivity index (χ0) is 37.7. The first-order valence-corrected chi connectivity index (χ1v) is 18.8. The van der Waals surface area contributed by atoms with Gasteiger partial charge in [0.15, 0.2) is 0 Å². The number of sulfone groups is 1. The molecule has 0 N–H and O–H groups in total. The van der Waals surface area contributed by atoms with Gasteiger partial charge in [-0.1, -0.05) is 6.58 Å². The number of rotatable bonds is 23. The second kappa shape index (κ2) is 19.5. The molecule has 0 radical (unpaired) electrons. The van der Waals surface area contributed by atoms with E-state index in [1.165, 1.54) is 26.4 Å². The van der Waals surface area contributed by atoms with Crippen molar-refractivity contribution in [1.29, 1.82) is 0 Å². The second-order valence-corrected chi connectivity index (χ2v) is 16.1. The lowest BCUT2D eigenvalue weighted by Gasteiger charge is -2.33. The van der Waals surface area contributed by atoms with E-state index < -0.39 is 9.84 Å². The molecule has 282 valence electrons. The fraction of sp³-hybridized carbons (Fsp3) is 0.632. The third-order valence-corrected chi connectivity index (χ3v) is 9.13. The van der Waals surface area contributed by atoms with Gasteiger partial charge in [-0.2, -0.15) is 5.11 Å². The van der Waals surface area contributed by atoms with E-state index in [1.807, 2.05) is 52.0 Å². The first kappa shape index (κ1) is 43.1. The van der Waals surface area contributed by atoms with Crippen molar-refractivity contribution in [3.05, 3.63) is 48.4 Å². The Morgan fingerprint density at radius 2 is 1.24 bits per heavy atom. The van der Waals surface area contributed by atoms with Crippen molar-refractivity contribution in [2.24, 2.45) is 10.2 Å². The summed E-state index contributed by atoms with van der Waals surface area (Å²) in [5.41, 5.74) is 1.20. The molecule has 2 aromatic rings. The maximum absolute atomic E-state index is 12.5. The maximum atomic E-state index is 12.5. The van der Waals surface area contributed by atoms with Crippen LogP contribution < -0.4 is 14.4 Å². The molecule has 0 aromatic heterocycles. The van der Waals surface area contributed by atoms with Crippen molar-refractivity contribution in [3.63, 3.8) is 0 Å². The number of anilines is 1. The first-order valence-electron chi connectivity index (χ1n) is 17.3. The van der Waals surface area contributed by atoms with Crippen LogP contribution in [-0.4, -0.2) is 84.6 Å². The molecule has 2 rings (SSSR count). The minimum Gasteiger partial charge on any atom is -0.495 e. The van der Waals surface area contributed by atoms with Crippen LogP contribution >= 0.6 is 0 Å². The number of azo groups is 1. The third kappa shape index (κ3) is 14.7. The largest absolute Gasteiger partial charge is 0.495 e. The predicted molar refractivity (Wildman–Crippen MR) is 200 cm³/mol. The van der Waals surface area contributed by atoms with E-state index in [0.717, 1.165) is 23.9 Å². The molecule has 0 spiro atoms. The summed E-state index contributed by atoms with van der Waals surface area (Å²) in [6.07, 6.45) is 2.05. The fourth-order valence-corrected chi connectivity index (χ4v) is 6.72. The van der Waals surface area contributed by atoms with E-state index in [0.29, 0.717) is 37.7 Å². The molecule has 2 aromatic carbocycles. The van der Waals surface area contributed by atoms with Gasteiger partial charge in [0.05, 0.1) is 68.7 Å². The molecule has 2 unspecified atom stereocenters. The molecule has 0 saturated heterocycles. The third-order valence-electron chi connectivity index (χ3n) is 7.75. The van der Waals surface area contributed by atoms with Gasteiger partial charge in [-0.3, -0.25) is 0 Å². The molecule has 0 bridgehead atoms. The Kier molecular flexibility index (Phi) is 16.9. The van der Waals surface area contributed by atoms with Gasteiger partial charge in [0.25, 0.3) is 0 Å². The van der Waals surface area contributed by atoms with Crippen LogP contribution in [0, 0.1) is 0 Å². The molecule has 0 aliphatic rings. The Morgan fingerprint density at radius 3 is 1.66 bits per heavy atom. The Morgan fingerprint density at radius 1 is 0.760 bits per heavy atom. The van der Waals surface area contributed by atoms with E-state index in [-0.39, 0.29) is 52.0 Å². The van der Waals surface area contributed by atoms with E-state index in [9.17, 15) is 8.42 Å². The molecular weight excluding hydrogens is 658 g/mol. The van der Waals surface area contributed by atoms with Gasteiger partial charge in [0.1, 0.15) is 22.1 Å². The Labute approximate surface area is 301 Å². The van der Waals surface area contributed by atoms with Crippen LogP contribution in [0.2, 0.25) is 0 Å². The number of methoxy groups -OCH3 is 2. The van der Waals surface area contributed by atoms with Crippen LogP contribution in [0.4, 0.5) is 17.1 Å². The molecule has 0 aliphatic heterocycles. The molecule has 0 amide bonds. The molecular formula is C38H61N3O8S. The summed E-state index contributed by atoms with van der Waals surface area (Å²) in [5.74, 6) is 0.351. The van der Waals surface area contributed by atoms with Gasteiger partial charge < -0.3 is 33.3 Å². The molecule has 11 nitrogen and oxygen atoms in total. The first-order chi connectivity index (χ1) is 23.3. The summed E-state index contributed by atoms with van der Waals surface area (Å²) in [4.78, 5) is 2.17. The van der Waals surface area contributed by atoms with E-state index in [2.05, 4.69) is 63.2 Å². The van der Waals surface area contributed by atoms with Crippen LogP contribution in [-0.2, 0) is 28.8 Å². The van der Waals surface area contributed by atoms with Crippen LogP contribution in [0.1, 0.15) is 82.1 Å². The Balaban J connectivity index is 2.25. The summed E-state index contributed by atoms with van der Waals surface area (Å²) in [5, 5.41) is 9.59. The van der Waals surface area contributed by atoms with E-state index in [1.54, 1.807) is 0 Å². The normalized spacial score (nSPS) is 14.0. The van der Waals surface area contributed by atoms with E-state index >= 15 is 0 Å². The van der Waals surface area contributed by atoms with Gasteiger partial charge in [0, 0.05) is 49.2 Å². The van der Waals surface area contributed by atoms with Gasteiger partial charge >= 0.3 is 0 Å². The Bertz CT molecular complexity index is 1440. The standard InChI is InChI=1S/C38H61N3O8S/c1-14-50(42,43)36-24-34(44-12)33(23-35(36)45-13)40-39-31-15-17-32(18-16-31)41(19-21-46-37(8,9)25-29(6)48-27(2)3)20-22-47-38(10,11)26-30(7)49-28(4)5/h14-18,23-24,27-30H,1,19-22,25-26H2,2-13H3. The minimum atomic E-state index is -3.77. The highest BCUT2D eigenvalue weighted by molar-refractivity contribution is 7.94. The van der Waals surface area contributed by atoms with Crippen molar-refractivity contribution >= 4 is 26.9 Å². The number of benzene rings is 2. The lowest BCUT2D eigenvalue weighted by atomic mass is 10.0. The molecule has 2 atom stereocenters. The van der Waals surface area contributed by atoms with Crippen LogP contribution in [0.25, 0.3) is 0 Å². The SMILES string of the molecule is C=CS(=O)(=O)c1cc(OC)c(N=Nc2ccc(N(CCOC(C)(C)CC(C)OC(C)C)CCOC(C)(C)CC(C)OC(C)C)cc2)cc1OC. The lowest BCUT2D eigenvalue weighted by Crippen LogP contribution is -2.38. The smallest absolute Gasteiger partial charge is 0.203 e. The fourth-order valence-electron chi connectivity index (χ4n) is 5.85. The highest BCUT2D eigenvalue weighted by Gasteiger charge is 2.25. The second-order valence-electron chi connectivity index (χ2n) is 14.2. The van der Waals surface area contributed by atoms with Crippen molar-refractivity contribution < 1.29 is 36.8 Å². The quantitative estimate of drug-likeness (QED) is 0.104. The van der Waals surface area contributed by atoms with Gasteiger partial charge in [-0.05, 0) is 93.5 Å². The molecule has 0 saturated carbocycles. The van der Waals surface area contributed by atoms with Crippen LogP contribution in [0.15, 0.2) is 63.5 Å². The molecule has 0 aliphatic carbocycles. The molecule has 0 fully saturated rings. The van der Waals surface area contributed by atoms with Crippen LogP contribution in [0.3, 0.4) is 0 Å². The lowest BCUT2D eigenvalue weighted by molar-refractivity contribution is -0.0735. The summed E-state index contributed by atoms with van der Waals surface area (Å²) in [6, 6.07) is 10.5. The van der Waals surface area contributed by atoms with Crippen LogP contribution in [0.5, 0.6) is 11.5 Å². The zero-order valence-corrected chi connectivity index (χ0v) is 33.1. The highest BCUT2D eigenvalue weighted by atomic mass is 32.2. The monoisotopic (exact) mass is 719 g/mol. The van der Waals surface area contributed by atoms with Gasteiger partial charge in [-0.25, -0.2) is 8.42 Å². The number of ether oxygens (including phenoxy) is 6. The molecule has 0 heterocycles. The topological polar surface area (TPSA) is 117 Å². The van der Waals surface area contributed by atoms with Crippen molar-refractivity contribution in [1.82, 2.24) is 0 Å². The summed E-state index contributed by atoms with van der Waals surface area (Å²) < 4.78 is 60.3. The van der Waals surface area contributed by atoms with Gasteiger partial charge in [-0.15, -0.1) is 5.11 Å². The summed E-state index contributed by atoms with van der Waals surface area (Å²) in [6.45, 7) is 26.5. The minimum absolute atomic E-state index is 0.0632. The maximum Gasteiger partial charge on any atom is 0.203 e.